The highest BCUT2D eigenvalue weighted by Crippen LogP contribution is 2.35. The third-order valence-electron chi connectivity index (χ3n) is 4.73. The number of nitrogens with one attached hydrogen (secondary N) is 1. The number of carbonyl (C=O) groups excluding carboxylic acids is 1. The molecule has 0 saturated heterocycles. The van der Waals surface area contributed by atoms with E-state index in [9.17, 15) is 9.59 Å². The van der Waals surface area contributed by atoms with E-state index in [1.165, 1.54) is 17.4 Å². The van der Waals surface area contributed by atoms with Crippen LogP contribution in [-0.2, 0) is 4.79 Å². The van der Waals surface area contributed by atoms with Crippen LogP contribution in [0.1, 0.15) is 5.56 Å². The number of aromatic nitrogens is 1. The van der Waals surface area contributed by atoms with Crippen molar-refractivity contribution in [3.05, 3.63) is 63.8 Å². The number of amides is 1. The van der Waals surface area contributed by atoms with Gasteiger partial charge in [0.25, 0.3) is 5.91 Å². The van der Waals surface area contributed by atoms with Crippen molar-refractivity contribution < 1.29 is 23.4 Å². The number of anilines is 1. The fourth-order valence-electron chi connectivity index (χ4n) is 3.17. The van der Waals surface area contributed by atoms with Gasteiger partial charge in [-0.05, 0) is 42.8 Å². The molecule has 0 saturated carbocycles. The highest BCUT2D eigenvalue weighted by molar-refractivity contribution is 7.14. The van der Waals surface area contributed by atoms with Crippen molar-refractivity contribution in [2.45, 2.75) is 6.92 Å². The van der Waals surface area contributed by atoms with Gasteiger partial charge in [-0.3, -0.25) is 10.1 Å². The Labute approximate surface area is 187 Å². The Morgan fingerprint density at radius 3 is 2.69 bits per heavy atom. The molecule has 164 valence electrons. The lowest BCUT2D eigenvalue weighted by Gasteiger charge is -2.08. The van der Waals surface area contributed by atoms with Gasteiger partial charge in [-0.1, -0.05) is 0 Å². The number of aryl methyl sites for hydroxylation is 1. The summed E-state index contributed by atoms with van der Waals surface area (Å²) < 4.78 is 21.4. The number of hydrogen-bond donors (Lipinski definition) is 1. The molecule has 1 amide bonds. The zero-order valence-electron chi connectivity index (χ0n) is 17.6. The van der Waals surface area contributed by atoms with E-state index in [4.69, 9.17) is 18.6 Å². The largest absolute Gasteiger partial charge is 0.497 e. The van der Waals surface area contributed by atoms with Crippen LogP contribution in [-0.4, -0.2) is 31.7 Å². The lowest BCUT2D eigenvalue weighted by atomic mass is 10.1. The Morgan fingerprint density at radius 2 is 1.91 bits per heavy atom. The summed E-state index contributed by atoms with van der Waals surface area (Å²) in [5.74, 6) is 1.38. The minimum atomic E-state index is -0.433. The molecular weight excluding hydrogens is 432 g/mol. The third-order valence-corrected chi connectivity index (χ3v) is 5.48. The van der Waals surface area contributed by atoms with Crippen molar-refractivity contribution in [2.24, 2.45) is 0 Å². The summed E-state index contributed by atoms with van der Waals surface area (Å²) in [5.41, 5.74) is 2.20. The van der Waals surface area contributed by atoms with Crippen molar-refractivity contribution in [1.82, 2.24) is 4.98 Å². The van der Waals surface area contributed by atoms with Gasteiger partial charge in [-0.25, -0.2) is 9.78 Å². The zero-order chi connectivity index (χ0) is 22.7. The lowest BCUT2D eigenvalue weighted by Crippen LogP contribution is -2.20. The van der Waals surface area contributed by atoms with E-state index < -0.39 is 5.63 Å². The maximum Gasteiger partial charge on any atom is 0.336 e. The summed E-state index contributed by atoms with van der Waals surface area (Å²) >= 11 is 1.29. The van der Waals surface area contributed by atoms with Gasteiger partial charge in [0.1, 0.15) is 22.8 Å². The minimum Gasteiger partial charge on any atom is -0.497 e. The van der Waals surface area contributed by atoms with Gasteiger partial charge in [0, 0.05) is 28.5 Å². The van der Waals surface area contributed by atoms with Crippen LogP contribution in [0.5, 0.6) is 17.2 Å². The molecule has 0 aliphatic rings. The predicted molar refractivity (Wildman–Crippen MR) is 122 cm³/mol. The zero-order valence-corrected chi connectivity index (χ0v) is 18.4. The molecule has 1 N–H and O–H groups in total. The van der Waals surface area contributed by atoms with Crippen molar-refractivity contribution in [2.75, 3.05) is 26.1 Å². The third kappa shape index (κ3) is 4.57. The summed E-state index contributed by atoms with van der Waals surface area (Å²) in [6.45, 7) is 1.61. The van der Waals surface area contributed by atoms with Crippen molar-refractivity contribution >= 4 is 33.3 Å². The SMILES string of the molecule is COc1ccc(OC)c(-c2csc(NC(=O)COc3ccc4c(C)cc(=O)oc4c3)n2)c1. The second kappa shape index (κ2) is 9.11. The topological polar surface area (TPSA) is 99.9 Å². The molecule has 4 aromatic rings. The minimum absolute atomic E-state index is 0.223. The lowest BCUT2D eigenvalue weighted by molar-refractivity contribution is -0.118. The summed E-state index contributed by atoms with van der Waals surface area (Å²) in [5, 5.41) is 5.78. The number of nitrogens with zero attached hydrogens (tertiary/aromatic N) is 1. The first-order valence-electron chi connectivity index (χ1n) is 9.62. The molecule has 4 rings (SSSR count). The molecule has 32 heavy (non-hydrogen) atoms. The van der Waals surface area contributed by atoms with E-state index >= 15 is 0 Å². The Bertz CT molecular complexity index is 1340. The average Bonchev–Trinajstić information content (AvgIpc) is 3.25. The normalized spacial score (nSPS) is 10.7. The smallest absolute Gasteiger partial charge is 0.336 e. The van der Waals surface area contributed by atoms with Crippen molar-refractivity contribution in [1.29, 1.82) is 0 Å². The second-order valence-corrected chi connectivity index (χ2v) is 7.71. The predicted octanol–water partition coefficient (Wildman–Crippen LogP) is 4.26. The average molecular weight is 452 g/mol. The van der Waals surface area contributed by atoms with Gasteiger partial charge in [0.15, 0.2) is 11.7 Å². The molecule has 8 nitrogen and oxygen atoms in total. The number of rotatable bonds is 7. The molecule has 0 aliphatic heterocycles. The highest BCUT2D eigenvalue weighted by Gasteiger charge is 2.14. The highest BCUT2D eigenvalue weighted by atomic mass is 32.1. The molecule has 0 unspecified atom stereocenters. The van der Waals surface area contributed by atoms with E-state index in [2.05, 4.69) is 10.3 Å². The van der Waals surface area contributed by atoms with Gasteiger partial charge >= 0.3 is 5.63 Å². The van der Waals surface area contributed by atoms with Gasteiger partial charge in [0.05, 0.1) is 19.9 Å². The molecule has 0 aliphatic carbocycles. The van der Waals surface area contributed by atoms with Gasteiger partial charge in [0.2, 0.25) is 0 Å². The van der Waals surface area contributed by atoms with Crippen molar-refractivity contribution in [3.63, 3.8) is 0 Å². The number of carbonyl (C=O) groups is 1. The van der Waals surface area contributed by atoms with Crippen LogP contribution in [0.2, 0.25) is 0 Å². The first-order chi connectivity index (χ1) is 15.5. The Kier molecular flexibility index (Phi) is 6.09. The number of methoxy groups -OCH3 is 2. The maximum atomic E-state index is 12.3. The number of fused-ring (bicyclic) bond motifs is 1. The standard InChI is InChI=1S/C23H20N2O6S/c1-13-8-22(27)31-20-10-15(4-6-16(13)20)30-11-21(26)25-23-24-18(12-32-23)17-9-14(28-2)5-7-19(17)29-3/h4-10,12H,11H2,1-3H3,(H,24,25,26). The van der Waals surface area contributed by atoms with Gasteiger partial charge < -0.3 is 18.6 Å². The van der Waals surface area contributed by atoms with E-state index in [1.807, 2.05) is 18.4 Å². The van der Waals surface area contributed by atoms with Gasteiger partial charge in [-0.15, -0.1) is 11.3 Å². The number of hydrogen-bond acceptors (Lipinski definition) is 8. The first-order valence-corrected chi connectivity index (χ1v) is 10.5. The monoisotopic (exact) mass is 452 g/mol. The van der Waals surface area contributed by atoms with Crippen LogP contribution in [0.3, 0.4) is 0 Å². The number of thiazole rings is 1. The molecule has 0 spiro atoms. The van der Waals surface area contributed by atoms with Gasteiger partial charge in [-0.2, -0.15) is 0 Å². The molecule has 0 bridgehead atoms. The number of benzene rings is 2. The number of ether oxygens (including phenoxy) is 3. The second-order valence-electron chi connectivity index (χ2n) is 6.85. The van der Waals surface area contributed by atoms with E-state index in [0.29, 0.717) is 33.7 Å². The van der Waals surface area contributed by atoms with Crippen LogP contribution < -0.4 is 25.2 Å². The first kappa shape index (κ1) is 21.4. The Balaban J connectivity index is 1.43. The fourth-order valence-corrected chi connectivity index (χ4v) is 3.90. The summed E-state index contributed by atoms with van der Waals surface area (Å²) in [7, 11) is 3.17. The molecule has 0 fully saturated rings. The molecule has 2 heterocycles. The van der Waals surface area contributed by atoms with E-state index in [-0.39, 0.29) is 12.5 Å². The van der Waals surface area contributed by atoms with Crippen LogP contribution in [0.15, 0.2) is 57.1 Å². The summed E-state index contributed by atoms with van der Waals surface area (Å²) in [6, 6.07) is 11.9. The maximum absolute atomic E-state index is 12.3. The van der Waals surface area contributed by atoms with Crippen LogP contribution in [0.25, 0.3) is 22.2 Å². The summed E-state index contributed by atoms with van der Waals surface area (Å²) in [4.78, 5) is 28.4. The molecule has 0 radical (unpaired) electrons. The summed E-state index contributed by atoms with van der Waals surface area (Å²) in [6.07, 6.45) is 0. The van der Waals surface area contributed by atoms with E-state index in [0.717, 1.165) is 16.5 Å². The van der Waals surface area contributed by atoms with Crippen molar-refractivity contribution in [3.8, 4) is 28.5 Å². The molecule has 2 aromatic carbocycles. The molecular formula is C23H20N2O6S. The fraction of sp³-hybridized carbons (Fsp3) is 0.174. The van der Waals surface area contributed by atoms with Crippen LogP contribution in [0.4, 0.5) is 5.13 Å². The molecule has 2 aromatic heterocycles. The Morgan fingerprint density at radius 1 is 1.09 bits per heavy atom. The molecule has 9 heteroatoms. The molecule has 0 atom stereocenters. The quantitative estimate of drug-likeness (QED) is 0.418. The Hall–Kier alpha value is -3.85. The van der Waals surface area contributed by atoms with E-state index in [1.54, 1.807) is 44.6 Å². The van der Waals surface area contributed by atoms with Crippen LogP contribution >= 0.6 is 11.3 Å². The van der Waals surface area contributed by atoms with Crippen LogP contribution in [0, 0.1) is 6.92 Å².